The third-order valence-corrected chi connectivity index (χ3v) is 10.7. The third kappa shape index (κ3) is 7.17. The highest BCUT2D eigenvalue weighted by atomic mass is 79.9. The van der Waals surface area contributed by atoms with Gasteiger partial charge >= 0.3 is 12.1 Å². The van der Waals surface area contributed by atoms with Gasteiger partial charge < -0.3 is 24.1 Å². The van der Waals surface area contributed by atoms with Crippen LogP contribution in [0.15, 0.2) is 71.2 Å². The lowest BCUT2D eigenvalue weighted by atomic mass is 10.0. The van der Waals surface area contributed by atoms with Crippen LogP contribution in [0.5, 0.6) is 6.01 Å². The van der Waals surface area contributed by atoms with Gasteiger partial charge in [0.25, 0.3) is 0 Å². The Kier molecular flexibility index (Phi) is 10.1. The summed E-state index contributed by atoms with van der Waals surface area (Å²) >= 11 is 3.80. The molecule has 2 atom stereocenters. The largest absolute Gasteiger partial charge is 0.462 e. The van der Waals surface area contributed by atoms with E-state index in [1.807, 2.05) is 30.3 Å². The molecular formula is C38H42BrN7O3. The van der Waals surface area contributed by atoms with Crippen molar-refractivity contribution in [2.24, 2.45) is 0 Å². The Bertz CT molecular complexity index is 1830. The van der Waals surface area contributed by atoms with E-state index < -0.39 is 0 Å². The molecule has 3 aromatic carbocycles. The van der Waals surface area contributed by atoms with Crippen LogP contribution in [0.3, 0.4) is 0 Å². The van der Waals surface area contributed by atoms with Crippen molar-refractivity contribution in [3.05, 3.63) is 99.4 Å². The van der Waals surface area contributed by atoms with Crippen LogP contribution in [0.1, 0.15) is 36.6 Å². The van der Waals surface area contributed by atoms with Crippen molar-refractivity contribution in [3.63, 3.8) is 0 Å². The Morgan fingerprint density at radius 1 is 0.980 bits per heavy atom. The van der Waals surface area contributed by atoms with Crippen LogP contribution >= 0.6 is 15.9 Å². The number of piperazine rings is 1. The lowest BCUT2D eigenvalue weighted by Gasteiger charge is -2.40. The van der Waals surface area contributed by atoms with E-state index in [1.54, 1.807) is 4.90 Å². The molecule has 7 rings (SSSR count). The molecule has 0 unspecified atom stereocenters. The van der Waals surface area contributed by atoms with Crippen molar-refractivity contribution in [2.45, 2.75) is 51.4 Å². The van der Waals surface area contributed by atoms with Crippen LogP contribution < -0.4 is 14.5 Å². The maximum absolute atomic E-state index is 13.3. The Morgan fingerprint density at radius 3 is 2.63 bits per heavy atom. The second kappa shape index (κ2) is 15.0. The van der Waals surface area contributed by atoms with Crippen molar-refractivity contribution in [1.29, 1.82) is 0 Å². The number of likely N-dealkylation sites (N-methyl/N-ethyl adjacent to an activating group) is 1. The third-order valence-electron chi connectivity index (χ3n) is 10.0. The Labute approximate surface area is 296 Å². The number of ether oxygens (including phenoxy) is 2. The number of fused-ring (bicyclic) bond motifs is 2. The molecule has 2 saturated heterocycles. The number of nitrogens with zero attached hydrogens (tertiary/aromatic N) is 7. The van der Waals surface area contributed by atoms with Crippen LogP contribution in [0.25, 0.3) is 15.6 Å². The van der Waals surface area contributed by atoms with Gasteiger partial charge in [0, 0.05) is 53.3 Å². The fraction of sp³-hybridized carbons (Fsp3) is 0.421. The molecule has 0 saturated carbocycles. The zero-order valence-corrected chi connectivity index (χ0v) is 29.5. The highest BCUT2D eigenvalue weighted by Crippen LogP contribution is 2.37. The molecule has 0 radical (unpaired) electrons. The van der Waals surface area contributed by atoms with Crippen molar-refractivity contribution >= 4 is 44.3 Å². The summed E-state index contributed by atoms with van der Waals surface area (Å²) in [6, 6.07) is 22.8. The van der Waals surface area contributed by atoms with Crippen LogP contribution in [0.4, 0.5) is 16.3 Å². The zero-order chi connectivity index (χ0) is 33.7. The SMILES string of the molecule is [C-]#[N+]C[C@H]1CN(c2nc(OC[C@@H]3CCCN3CC)nc3c2CCN(c2cccc4cccc(Br)c24)C3)CCN1C(=O)OCc1ccccc1. The second-order valence-electron chi connectivity index (χ2n) is 13.0. The molecule has 0 spiro atoms. The second-order valence-corrected chi connectivity index (χ2v) is 13.8. The van der Waals surface area contributed by atoms with Gasteiger partial charge in [0.2, 0.25) is 6.54 Å². The summed E-state index contributed by atoms with van der Waals surface area (Å²) in [5.74, 6) is 0.852. The number of anilines is 2. The Balaban J connectivity index is 1.16. The Morgan fingerprint density at radius 2 is 1.82 bits per heavy atom. The summed E-state index contributed by atoms with van der Waals surface area (Å²) in [7, 11) is 0. The van der Waals surface area contributed by atoms with Gasteiger partial charge in [0.15, 0.2) is 0 Å². The van der Waals surface area contributed by atoms with Crippen LogP contribution in [-0.4, -0.2) is 90.4 Å². The first-order valence-corrected chi connectivity index (χ1v) is 18.1. The van der Waals surface area contributed by atoms with Gasteiger partial charge in [0.05, 0.1) is 12.2 Å². The van der Waals surface area contributed by atoms with E-state index in [0.717, 1.165) is 59.6 Å². The summed E-state index contributed by atoms with van der Waals surface area (Å²) < 4.78 is 13.2. The molecule has 4 heterocycles. The van der Waals surface area contributed by atoms with Gasteiger partial charge in [-0.25, -0.2) is 11.4 Å². The highest BCUT2D eigenvalue weighted by molar-refractivity contribution is 9.10. The maximum atomic E-state index is 13.3. The van der Waals surface area contributed by atoms with E-state index in [-0.39, 0.29) is 25.3 Å². The van der Waals surface area contributed by atoms with E-state index in [1.165, 1.54) is 22.9 Å². The van der Waals surface area contributed by atoms with Crippen molar-refractivity contribution in [3.8, 4) is 6.01 Å². The molecule has 3 aliphatic heterocycles. The summed E-state index contributed by atoms with van der Waals surface area (Å²) in [6.07, 6.45) is 2.66. The summed E-state index contributed by atoms with van der Waals surface area (Å²) in [6.45, 7) is 15.8. The highest BCUT2D eigenvalue weighted by Gasteiger charge is 2.36. The quantitative estimate of drug-likeness (QED) is 0.180. The molecule has 2 fully saturated rings. The van der Waals surface area contributed by atoms with Crippen molar-refractivity contribution in [2.75, 3.05) is 62.2 Å². The van der Waals surface area contributed by atoms with Crippen LogP contribution in [0, 0.1) is 6.57 Å². The van der Waals surface area contributed by atoms with Crippen LogP contribution in [0.2, 0.25) is 0 Å². The van der Waals surface area contributed by atoms with E-state index in [9.17, 15) is 4.79 Å². The number of hydrogen-bond acceptors (Lipinski definition) is 8. The van der Waals surface area contributed by atoms with Crippen LogP contribution in [-0.2, 0) is 24.3 Å². The average molecular weight is 725 g/mol. The van der Waals surface area contributed by atoms with Gasteiger partial charge in [0.1, 0.15) is 25.1 Å². The van der Waals surface area contributed by atoms with Gasteiger partial charge in [-0.05, 0) is 55.4 Å². The topological polar surface area (TPSA) is 78.6 Å². The van der Waals surface area contributed by atoms with Crippen molar-refractivity contribution < 1.29 is 14.3 Å². The fourth-order valence-corrected chi connectivity index (χ4v) is 8.07. The molecule has 0 N–H and O–H groups in total. The number of halogens is 1. The molecule has 10 nitrogen and oxygen atoms in total. The Hall–Kier alpha value is -4.40. The molecule has 0 aliphatic carbocycles. The molecular weight excluding hydrogens is 682 g/mol. The van der Waals surface area contributed by atoms with Gasteiger partial charge in [-0.1, -0.05) is 77.5 Å². The summed E-state index contributed by atoms with van der Waals surface area (Å²) in [5.41, 5.74) is 4.17. The first-order chi connectivity index (χ1) is 24.0. The number of likely N-dealkylation sites (tertiary alicyclic amines) is 1. The monoisotopic (exact) mass is 723 g/mol. The number of aromatic nitrogens is 2. The van der Waals surface area contributed by atoms with E-state index in [2.05, 4.69) is 78.8 Å². The number of carbonyl (C=O) groups excluding carboxylic acids is 1. The number of carbonyl (C=O) groups is 1. The average Bonchev–Trinajstić information content (AvgIpc) is 3.60. The maximum Gasteiger partial charge on any atom is 0.410 e. The predicted octanol–water partition coefficient (Wildman–Crippen LogP) is 6.56. The molecule has 3 aliphatic rings. The number of amides is 1. The number of benzene rings is 3. The number of hydrogen-bond donors (Lipinski definition) is 0. The van der Waals surface area contributed by atoms with E-state index in [4.69, 9.17) is 26.0 Å². The lowest BCUT2D eigenvalue weighted by molar-refractivity contribution is 0.0788. The molecule has 1 aromatic heterocycles. The molecule has 254 valence electrons. The summed E-state index contributed by atoms with van der Waals surface area (Å²) in [4.78, 5) is 35.9. The molecule has 49 heavy (non-hydrogen) atoms. The van der Waals surface area contributed by atoms with Crippen molar-refractivity contribution in [1.82, 2.24) is 19.8 Å². The minimum absolute atomic E-state index is 0.186. The van der Waals surface area contributed by atoms with Gasteiger partial charge in [-0.15, -0.1) is 0 Å². The predicted molar refractivity (Wildman–Crippen MR) is 195 cm³/mol. The van der Waals surface area contributed by atoms with E-state index in [0.29, 0.717) is 44.8 Å². The van der Waals surface area contributed by atoms with Gasteiger partial charge in [-0.3, -0.25) is 9.80 Å². The molecule has 4 aromatic rings. The minimum atomic E-state index is -0.389. The number of rotatable bonds is 9. The summed E-state index contributed by atoms with van der Waals surface area (Å²) in [5, 5.41) is 2.38. The zero-order valence-electron chi connectivity index (χ0n) is 27.9. The van der Waals surface area contributed by atoms with Gasteiger partial charge in [-0.2, -0.15) is 9.97 Å². The first kappa shape index (κ1) is 33.1. The van der Waals surface area contributed by atoms with E-state index >= 15 is 0 Å². The lowest BCUT2D eigenvalue weighted by Crippen LogP contribution is -2.57. The molecule has 1 amide bonds. The smallest absolute Gasteiger partial charge is 0.410 e. The molecule has 0 bridgehead atoms. The minimum Gasteiger partial charge on any atom is -0.462 e. The normalized spacial score (nSPS) is 19.5. The fourth-order valence-electron chi connectivity index (χ4n) is 7.48. The molecule has 11 heteroatoms. The first-order valence-electron chi connectivity index (χ1n) is 17.3. The standard InChI is InChI=1S/C38H42BrN7O3/c1-3-43-18-9-14-29(43)26-48-37-41-33-24-44(34-16-8-13-28-12-7-15-32(39)35(28)34)19-17-31(33)36(42-37)45-20-21-46(30(23-45)22-40-2)38(47)49-25-27-10-5-4-6-11-27/h4-8,10-13,15-16,29-30H,3,9,14,17-26H2,1H3/t29-,30-/m0/s1.